The molecule has 0 bridgehead atoms. The van der Waals surface area contributed by atoms with Crippen molar-refractivity contribution >= 4 is 23.6 Å². The maximum absolute atomic E-state index is 12.1. The summed E-state index contributed by atoms with van der Waals surface area (Å²) in [4.78, 5) is 24.7. The van der Waals surface area contributed by atoms with Crippen LogP contribution in [0.1, 0.15) is 25.7 Å². The minimum atomic E-state index is -0.896. The zero-order chi connectivity index (χ0) is 13.0. The van der Waals surface area contributed by atoms with Gasteiger partial charge in [0, 0.05) is 31.1 Å². The van der Waals surface area contributed by atoms with Crippen LogP contribution >= 0.6 is 11.8 Å². The van der Waals surface area contributed by atoms with Gasteiger partial charge in [-0.25, -0.2) is 4.79 Å². The number of thioether (sulfide) groups is 1. The Hall–Kier alpha value is -0.750. The zero-order valence-corrected chi connectivity index (χ0v) is 11.2. The van der Waals surface area contributed by atoms with Gasteiger partial charge in [0.1, 0.15) is 6.04 Å². The van der Waals surface area contributed by atoms with Crippen LogP contribution < -0.4 is 0 Å². The number of ether oxygens (including phenoxy) is 1. The fourth-order valence-electron chi connectivity index (χ4n) is 2.41. The number of carboxylic acids is 1. The van der Waals surface area contributed by atoms with Crippen molar-refractivity contribution in [2.75, 3.05) is 24.7 Å². The summed E-state index contributed by atoms with van der Waals surface area (Å²) >= 11 is 1.60. The minimum absolute atomic E-state index is 0.0433. The summed E-state index contributed by atoms with van der Waals surface area (Å²) in [5.74, 6) is 0.391. The lowest BCUT2D eigenvalue weighted by molar-refractivity contribution is -0.149. The van der Waals surface area contributed by atoms with Crippen LogP contribution in [0.15, 0.2) is 0 Å². The number of nitrogens with zero attached hydrogens (tertiary/aromatic N) is 1. The van der Waals surface area contributed by atoms with Crippen LogP contribution in [0, 0.1) is 0 Å². The molecule has 6 heteroatoms. The smallest absolute Gasteiger partial charge is 0.327 e. The zero-order valence-electron chi connectivity index (χ0n) is 10.3. The summed E-state index contributed by atoms with van der Waals surface area (Å²) in [5.41, 5.74) is 0. The van der Waals surface area contributed by atoms with Gasteiger partial charge in [0.2, 0.25) is 5.91 Å². The first-order valence-corrected chi connectivity index (χ1v) is 7.55. The Morgan fingerprint density at radius 2 is 2.28 bits per heavy atom. The highest BCUT2D eigenvalue weighted by atomic mass is 32.2. The number of aliphatic carboxylic acids is 1. The maximum Gasteiger partial charge on any atom is 0.327 e. The van der Waals surface area contributed by atoms with E-state index >= 15 is 0 Å². The van der Waals surface area contributed by atoms with Crippen molar-refractivity contribution in [1.29, 1.82) is 0 Å². The van der Waals surface area contributed by atoms with Crippen LogP contribution in [0.3, 0.4) is 0 Å². The van der Waals surface area contributed by atoms with E-state index in [-0.39, 0.29) is 12.0 Å². The molecular weight excluding hydrogens is 254 g/mol. The summed E-state index contributed by atoms with van der Waals surface area (Å²) in [6, 6.07) is -0.652. The summed E-state index contributed by atoms with van der Waals surface area (Å²) in [6.45, 7) is 1.34. The largest absolute Gasteiger partial charge is 0.480 e. The Balaban J connectivity index is 1.83. The van der Waals surface area contributed by atoms with Crippen LogP contribution in [0.4, 0.5) is 0 Å². The second-order valence-electron chi connectivity index (χ2n) is 4.69. The molecule has 102 valence electrons. The van der Waals surface area contributed by atoms with Crippen LogP contribution in [0.5, 0.6) is 0 Å². The van der Waals surface area contributed by atoms with Gasteiger partial charge < -0.3 is 14.7 Å². The normalized spacial score (nSPS) is 28.3. The van der Waals surface area contributed by atoms with E-state index in [4.69, 9.17) is 9.84 Å². The van der Waals surface area contributed by atoms with Crippen LogP contribution in [-0.4, -0.2) is 58.7 Å². The number of carbonyl (C=O) groups excluding carboxylic acids is 1. The minimum Gasteiger partial charge on any atom is -0.480 e. The predicted molar refractivity (Wildman–Crippen MR) is 68.7 cm³/mol. The van der Waals surface area contributed by atoms with Gasteiger partial charge in [0.15, 0.2) is 0 Å². The van der Waals surface area contributed by atoms with Crippen molar-refractivity contribution < 1.29 is 19.4 Å². The van der Waals surface area contributed by atoms with Gasteiger partial charge in [0.25, 0.3) is 0 Å². The SMILES string of the molecule is O=C(O)C1CSCCN1C(=O)CCC1CCCO1. The monoisotopic (exact) mass is 273 g/mol. The maximum atomic E-state index is 12.1. The van der Waals surface area contributed by atoms with Crippen molar-refractivity contribution in [3.63, 3.8) is 0 Å². The number of hydrogen-bond acceptors (Lipinski definition) is 4. The molecule has 0 aromatic rings. The highest BCUT2D eigenvalue weighted by molar-refractivity contribution is 7.99. The predicted octanol–water partition coefficient (Wildman–Crippen LogP) is 0.974. The van der Waals surface area contributed by atoms with Gasteiger partial charge in [0.05, 0.1) is 6.10 Å². The van der Waals surface area contributed by atoms with E-state index in [9.17, 15) is 9.59 Å². The molecule has 0 aromatic carbocycles. The highest BCUT2D eigenvalue weighted by Gasteiger charge is 2.32. The Labute approximate surface area is 111 Å². The van der Waals surface area contributed by atoms with E-state index in [0.29, 0.717) is 18.7 Å². The summed E-state index contributed by atoms with van der Waals surface area (Å²) in [5, 5.41) is 9.11. The van der Waals surface area contributed by atoms with Gasteiger partial charge in [-0.05, 0) is 19.3 Å². The van der Waals surface area contributed by atoms with E-state index in [1.807, 2.05) is 0 Å². The molecule has 2 fully saturated rings. The Morgan fingerprint density at radius 3 is 2.94 bits per heavy atom. The Bertz CT molecular complexity index is 317. The first-order valence-electron chi connectivity index (χ1n) is 6.40. The molecule has 0 spiro atoms. The molecule has 1 N–H and O–H groups in total. The summed E-state index contributed by atoms with van der Waals surface area (Å²) in [7, 11) is 0. The molecule has 2 unspecified atom stereocenters. The molecule has 2 atom stereocenters. The third-order valence-electron chi connectivity index (χ3n) is 3.44. The molecule has 18 heavy (non-hydrogen) atoms. The second kappa shape index (κ2) is 6.43. The average Bonchev–Trinajstić information content (AvgIpc) is 2.89. The Kier molecular flexibility index (Phi) is 4.88. The van der Waals surface area contributed by atoms with Crippen molar-refractivity contribution in [3.05, 3.63) is 0 Å². The van der Waals surface area contributed by atoms with Crippen LogP contribution in [-0.2, 0) is 14.3 Å². The number of carboxylic acid groups (broad SMARTS) is 1. The molecule has 0 radical (unpaired) electrons. The molecular formula is C12H19NO4S. The van der Waals surface area contributed by atoms with E-state index in [1.54, 1.807) is 11.8 Å². The van der Waals surface area contributed by atoms with Crippen molar-refractivity contribution in [1.82, 2.24) is 4.90 Å². The summed E-state index contributed by atoms with van der Waals surface area (Å²) in [6.07, 6.45) is 3.40. The number of hydrogen-bond donors (Lipinski definition) is 1. The van der Waals surface area contributed by atoms with E-state index in [0.717, 1.165) is 31.6 Å². The molecule has 1 amide bonds. The van der Waals surface area contributed by atoms with Crippen LogP contribution in [0.2, 0.25) is 0 Å². The fourth-order valence-corrected chi connectivity index (χ4v) is 3.45. The molecule has 2 aliphatic rings. The lowest BCUT2D eigenvalue weighted by Gasteiger charge is -2.32. The van der Waals surface area contributed by atoms with Gasteiger partial charge in [-0.3, -0.25) is 4.79 Å². The van der Waals surface area contributed by atoms with Crippen molar-refractivity contribution in [2.45, 2.75) is 37.8 Å². The van der Waals surface area contributed by atoms with E-state index in [1.165, 1.54) is 4.90 Å². The molecule has 0 aliphatic carbocycles. The lowest BCUT2D eigenvalue weighted by Crippen LogP contribution is -2.50. The quantitative estimate of drug-likeness (QED) is 0.827. The molecule has 2 aliphatic heterocycles. The van der Waals surface area contributed by atoms with Crippen molar-refractivity contribution in [2.24, 2.45) is 0 Å². The average molecular weight is 273 g/mol. The fraction of sp³-hybridized carbons (Fsp3) is 0.833. The van der Waals surface area contributed by atoms with E-state index in [2.05, 4.69) is 0 Å². The van der Waals surface area contributed by atoms with Gasteiger partial charge >= 0.3 is 5.97 Å². The molecule has 0 aromatic heterocycles. The summed E-state index contributed by atoms with van der Waals surface area (Å²) < 4.78 is 5.47. The highest BCUT2D eigenvalue weighted by Crippen LogP contribution is 2.21. The standard InChI is InChI=1S/C12H19NO4S/c14-11(4-3-9-2-1-6-17-9)13-5-7-18-8-10(13)12(15)16/h9-10H,1-8H2,(H,15,16). The van der Waals surface area contributed by atoms with E-state index < -0.39 is 12.0 Å². The molecule has 0 saturated carbocycles. The van der Waals surface area contributed by atoms with Crippen LogP contribution in [0.25, 0.3) is 0 Å². The number of carbonyl (C=O) groups is 2. The number of amides is 1. The molecule has 5 nitrogen and oxygen atoms in total. The van der Waals surface area contributed by atoms with Gasteiger partial charge in [-0.15, -0.1) is 0 Å². The first-order chi connectivity index (χ1) is 8.68. The topological polar surface area (TPSA) is 66.8 Å². The molecule has 2 heterocycles. The number of rotatable bonds is 4. The van der Waals surface area contributed by atoms with Crippen molar-refractivity contribution in [3.8, 4) is 0 Å². The third kappa shape index (κ3) is 3.38. The molecule has 2 saturated heterocycles. The molecule has 2 rings (SSSR count). The first kappa shape index (κ1) is 13.7. The lowest BCUT2D eigenvalue weighted by atomic mass is 10.1. The Morgan fingerprint density at radius 1 is 1.44 bits per heavy atom. The van der Waals surface area contributed by atoms with Gasteiger partial charge in [-0.1, -0.05) is 0 Å². The van der Waals surface area contributed by atoms with Gasteiger partial charge in [-0.2, -0.15) is 11.8 Å². The second-order valence-corrected chi connectivity index (χ2v) is 5.84. The third-order valence-corrected chi connectivity index (χ3v) is 4.46.